The predicted octanol–water partition coefficient (Wildman–Crippen LogP) is 6.35. The molecule has 0 aliphatic heterocycles. The van der Waals surface area contributed by atoms with Crippen molar-refractivity contribution in [1.29, 1.82) is 0 Å². The molecule has 0 spiro atoms. The molecule has 0 bridgehead atoms. The van der Waals surface area contributed by atoms with Gasteiger partial charge < -0.3 is 0 Å². The van der Waals surface area contributed by atoms with Crippen molar-refractivity contribution in [3.05, 3.63) is 87.9 Å². The Morgan fingerprint density at radius 3 is 0.960 bits per heavy atom. The lowest BCUT2D eigenvalue weighted by Crippen LogP contribution is -2.36. The number of rotatable bonds is 4. The van der Waals surface area contributed by atoms with Crippen LogP contribution < -0.4 is 15.9 Å². The van der Waals surface area contributed by atoms with Crippen LogP contribution in [-0.2, 0) is 0 Å². The molecule has 0 saturated heterocycles. The molecule has 3 aromatic carbocycles. The topological polar surface area (TPSA) is 0 Å². The summed E-state index contributed by atoms with van der Waals surface area (Å²) in [7, 11) is -1.86. The monoisotopic (exact) mass is 407 g/mol. The first-order valence-electron chi connectivity index (χ1n) is 8.11. The molecular formula is C21H19Cl3P+. The highest BCUT2D eigenvalue weighted by molar-refractivity contribution is 7.96. The van der Waals surface area contributed by atoms with E-state index in [-0.39, 0.29) is 0 Å². The quantitative estimate of drug-likeness (QED) is 0.441. The highest BCUT2D eigenvalue weighted by Gasteiger charge is 2.48. The summed E-state index contributed by atoms with van der Waals surface area (Å²) in [6.45, 7) is 4.57. The van der Waals surface area contributed by atoms with Crippen LogP contribution in [0.25, 0.3) is 0 Å². The molecule has 0 atom stereocenters. The second-order valence-electron chi connectivity index (χ2n) is 6.25. The summed E-state index contributed by atoms with van der Waals surface area (Å²) in [5.74, 6) is 0. The van der Waals surface area contributed by atoms with Crippen LogP contribution in [0.4, 0.5) is 0 Å². The van der Waals surface area contributed by atoms with Gasteiger partial charge in [-0.1, -0.05) is 34.8 Å². The van der Waals surface area contributed by atoms with Crippen molar-refractivity contribution < 1.29 is 0 Å². The molecule has 3 rings (SSSR count). The fourth-order valence-corrected chi connectivity index (χ4v) is 8.29. The van der Waals surface area contributed by atoms with Gasteiger partial charge in [0.15, 0.2) is 0 Å². The van der Waals surface area contributed by atoms with Crippen molar-refractivity contribution >= 4 is 58.0 Å². The standard InChI is InChI=1S/C21H19Cl3P/c1-15(2)25(19-9-3-16(22)4-10-19,20-11-5-17(23)6-12-20)21-13-7-18(24)8-14-21/h3-15H,1-2H3/q+1. The Morgan fingerprint density at radius 2 is 0.760 bits per heavy atom. The van der Waals surface area contributed by atoms with E-state index < -0.39 is 7.26 Å². The van der Waals surface area contributed by atoms with Crippen molar-refractivity contribution in [2.24, 2.45) is 0 Å². The minimum atomic E-state index is -1.86. The highest BCUT2D eigenvalue weighted by atomic mass is 35.5. The summed E-state index contributed by atoms with van der Waals surface area (Å²) in [6, 6.07) is 24.7. The van der Waals surface area contributed by atoms with E-state index in [1.807, 2.05) is 36.4 Å². The summed E-state index contributed by atoms with van der Waals surface area (Å²) >= 11 is 18.5. The van der Waals surface area contributed by atoms with Crippen molar-refractivity contribution in [2.45, 2.75) is 19.5 Å². The Hall–Kier alpha value is -1.04. The molecule has 0 unspecified atom stereocenters. The molecule has 0 aliphatic carbocycles. The van der Waals surface area contributed by atoms with E-state index in [0.29, 0.717) is 5.66 Å². The minimum absolute atomic E-state index is 0.413. The molecule has 0 radical (unpaired) electrons. The lowest BCUT2D eigenvalue weighted by Gasteiger charge is -2.31. The van der Waals surface area contributed by atoms with Crippen LogP contribution in [0, 0.1) is 0 Å². The molecule has 4 heteroatoms. The van der Waals surface area contributed by atoms with Crippen LogP contribution in [-0.4, -0.2) is 5.66 Å². The third-order valence-electron chi connectivity index (χ3n) is 4.48. The van der Waals surface area contributed by atoms with Crippen LogP contribution in [0.3, 0.4) is 0 Å². The SMILES string of the molecule is CC(C)[P+](c1ccc(Cl)cc1)(c1ccc(Cl)cc1)c1ccc(Cl)cc1. The molecule has 0 nitrogen and oxygen atoms in total. The zero-order chi connectivity index (χ0) is 18.0. The average molecular weight is 409 g/mol. The van der Waals surface area contributed by atoms with Gasteiger partial charge in [-0.3, -0.25) is 0 Å². The minimum Gasteiger partial charge on any atom is -0.0843 e. The maximum Gasteiger partial charge on any atom is 0.114 e. The second-order valence-corrected chi connectivity index (χ2v) is 11.6. The summed E-state index contributed by atoms with van der Waals surface area (Å²) in [5.41, 5.74) is 0.413. The van der Waals surface area contributed by atoms with E-state index in [2.05, 4.69) is 50.2 Å². The maximum atomic E-state index is 6.15. The molecule has 0 amide bonds. The van der Waals surface area contributed by atoms with Gasteiger partial charge in [0.05, 0.1) is 5.66 Å². The van der Waals surface area contributed by atoms with Crippen molar-refractivity contribution in [2.75, 3.05) is 0 Å². The van der Waals surface area contributed by atoms with Crippen molar-refractivity contribution in [1.82, 2.24) is 0 Å². The van der Waals surface area contributed by atoms with Gasteiger partial charge >= 0.3 is 0 Å². The van der Waals surface area contributed by atoms with Crippen LogP contribution in [0.15, 0.2) is 72.8 Å². The van der Waals surface area contributed by atoms with Gasteiger partial charge in [0.2, 0.25) is 0 Å². The van der Waals surface area contributed by atoms with Crippen LogP contribution in [0.5, 0.6) is 0 Å². The molecular weight excluding hydrogens is 390 g/mol. The van der Waals surface area contributed by atoms with Gasteiger partial charge in [0.25, 0.3) is 0 Å². The Labute approximate surface area is 165 Å². The molecule has 0 N–H and O–H groups in total. The molecule has 128 valence electrons. The smallest absolute Gasteiger partial charge is 0.0843 e. The third-order valence-corrected chi connectivity index (χ3v) is 10.1. The molecule has 0 aromatic heterocycles. The van der Waals surface area contributed by atoms with Crippen LogP contribution >= 0.6 is 42.1 Å². The third kappa shape index (κ3) is 3.60. The first-order valence-corrected chi connectivity index (χ1v) is 11.1. The number of hydrogen-bond acceptors (Lipinski definition) is 0. The molecule has 0 heterocycles. The van der Waals surface area contributed by atoms with E-state index in [4.69, 9.17) is 34.8 Å². The zero-order valence-corrected chi connectivity index (χ0v) is 17.2. The molecule has 3 aromatic rings. The Kier molecular flexibility index (Phi) is 5.76. The normalized spacial score (nSPS) is 11.8. The zero-order valence-electron chi connectivity index (χ0n) is 14.1. The van der Waals surface area contributed by atoms with Gasteiger partial charge in [-0.05, 0) is 86.6 Å². The Morgan fingerprint density at radius 1 is 0.520 bits per heavy atom. The Bertz CT molecular complexity index is 727. The number of halogens is 3. The van der Waals surface area contributed by atoms with E-state index in [1.54, 1.807) is 0 Å². The van der Waals surface area contributed by atoms with Gasteiger partial charge in [0.1, 0.15) is 23.2 Å². The fraction of sp³-hybridized carbons (Fsp3) is 0.143. The first kappa shape index (κ1) is 18.7. The summed E-state index contributed by atoms with van der Waals surface area (Å²) in [5, 5.41) is 6.15. The number of benzene rings is 3. The molecule has 0 fully saturated rings. The van der Waals surface area contributed by atoms with Crippen molar-refractivity contribution in [3.63, 3.8) is 0 Å². The highest BCUT2D eigenvalue weighted by Crippen LogP contribution is 2.59. The van der Waals surface area contributed by atoms with E-state index in [1.165, 1.54) is 15.9 Å². The summed E-state index contributed by atoms with van der Waals surface area (Å²) in [6.07, 6.45) is 0. The lowest BCUT2D eigenvalue weighted by atomic mass is 10.3. The first-order chi connectivity index (χ1) is 11.9. The van der Waals surface area contributed by atoms with E-state index in [0.717, 1.165) is 15.1 Å². The van der Waals surface area contributed by atoms with Gasteiger partial charge in [-0.2, -0.15) is 0 Å². The Balaban J connectivity index is 2.33. The maximum absolute atomic E-state index is 6.15. The van der Waals surface area contributed by atoms with Gasteiger partial charge in [0, 0.05) is 15.1 Å². The van der Waals surface area contributed by atoms with Crippen LogP contribution in [0.1, 0.15) is 13.8 Å². The van der Waals surface area contributed by atoms with Gasteiger partial charge in [-0.15, -0.1) is 0 Å². The second kappa shape index (κ2) is 7.68. The molecule has 25 heavy (non-hydrogen) atoms. The fourth-order valence-electron chi connectivity index (χ4n) is 3.37. The van der Waals surface area contributed by atoms with Crippen molar-refractivity contribution in [3.8, 4) is 0 Å². The predicted molar refractivity (Wildman–Crippen MR) is 115 cm³/mol. The van der Waals surface area contributed by atoms with E-state index >= 15 is 0 Å². The summed E-state index contributed by atoms with van der Waals surface area (Å²) < 4.78 is 0. The molecule has 0 aliphatic rings. The van der Waals surface area contributed by atoms with Gasteiger partial charge in [-0.25, -0.2) is 0 Å². The average Bonchev–Trinajstić information content (AvgIpc) is 2.60. The number of hydrogen-bond donors (Lipinski definition) is 0. The van der Waals surface area contributed by atoms with E-state index in [9.17, 15) is 0 Å². The molecule has 0 saturated carbocycles. The lowest BCUT2D eigenvalue weighted by molar-refractivity contribution is 1.09. The largest absolute Gasteiger partial charge is 0.114 e. The summed E-state index contributed by atoms with van der Waals surface area (Å²) in [4.78, 5) is 0. The van der Waals surface area contributed by atoms with Crippen LogP contribution in [0.2, 0.25) is 15.1 Å².